The van der Waals surface area contributed by atoms with E-state index in [-0.39, 0.29) is 6.04 Å². The summed E-state index contributed by atoms with van der Waals surface area (Å²) in [6, 6.07) is 13.0. The molecule has 0 spiro atoms. The summed E-state index contributed by atoms with van der Waals surface area (Å²) in [6.45, 7) is 0. The van der Waals surface area contributed by atoms with Crippen LogP contribution in [-0.4, -0.2) is 14.2 Å². The minimum Gasteiger partial charge on any atom is -0.493 e. The number of methoxy groups -OCH3 is 2. The quantitative estimate of drug-likeness (QED) is 0.538. The predicted molar refractivity (Wildman–Crippen MR) is 105 cm³/mol. The Bertz CT molecular complexity index is 802. The molecule has 1 aliphatic heterocycles. The number of para-hydroxylation sites is 1. The molecule has 0 saturated heterocycles. The highest BCUT2D eigenvalue weighted by molar-refractivity contribution is 14.1. The lowest BCUT2D eigenvalue weighted by Crippen LogP contribution is -2.29. The molecule has 4 heteroatoms. The largest absolute Gasteiger partial charge is 0.493 e. The van der Waals surface area contributed by atoms with Gasteiger partial charge in [0, 0.05) is 20.7 Å². The Hall–Kier alpha value is -1.69. The fourth-order valence-corrected chi connectivity index (χ4v) is 4.55. The average molecular weight is 433 g/mol. The highest BCUT2D eigenvalue weighted by atomic mass is 127. The van der Waals surface area contributed by atoms with Gasteiger partial charge in [0.2, 0.25) is 0 Å². The van der Waals surface area contributed by atoms with E-state index in [2.05, 4.69) is 64.3 Å². The molecule has 0 bridgehead atoms. The van der Waals surface area contributed by atoms with Gasteiger partial charge >= 0.3 is 0 Å². The molecule has 124 valence electrons. The SMILES string of the molecule is COc1cccc([C@H]2Nc3ccc(I)cc3[C@H]3C=CC[C@@H]32)c1OC. The lowest BCUT2D eigenvalue weighted by Gasteiger charge is -2.38. The minimum absolute atomic E-state index is 0.211. The summed E-state index contributed by atoms with van der Waals surface area (Å²) < 4.78 is 12.5. The van der Waals surface area contributed by atoms with E-state index < -0.39 is 0 Å². The van der Waals surface area contributed by atoms with Gasteiger partial charge < -0.3 is 14.8 Å². The third-order valence-corrected chi connectivity index (χ3v) is 5.76. The van der Waals surface area contributed by atoms with Crippen LogP contribution in [0.15, 0.2) is 48.6 Å². The highest BCUT2D eigenvalue weighted by Crippen LogP contribution is 2.52. The van der Waals surface area contributed by atoms with Crippen molar-refractivity contribution in [3.05, 3.63) is 63.2 Å². The average Bonchev–Trinajstić information content (AvgIpc) is 3.10. The number of ether oxygens (including phenoxy) is 2. The summed E-state index contributed by atoms with van der Waals surface area (Å²) in [5.74, 6) is 2.57. The highest BCUT2D eigenvalue weighted by Gasteiger charge is 2.39. The van der Waals surface area contributed by atoms with E-state index in [0.29, 0.717) is 11.8 Å². The molecule has 0 unspecified atom stereocenters. The van der Waals surface area contributed by atoms with Crippen LogP contribution in [0.4, 0.5) is 5.69 Å². The molecule has 2 aromatic carbocycles. The molecular weight excluding hydrogens is 413 g/mol. The minimum atomic E-state index is 0.211. The van der Waals surface area contributed by atoms with Crippen LogP contribution in [0, 0.1) is 9.49 Å². The Morgan fingerprint density at radius 3 is 2.75 bits per heavy atom. The molecule has 1 aliphatic carbocycles. The lowest BCUT2D eigenvalue weighted by atomic mass is 9.77. The first-order chi connectivity index (χ1) is 11.7. The van der Waals surface area contributed by atoms with Gasteiger partial charge in [0.25, 0.3) is 0 Å². The van der Waals surface area contributed by atoms with E-state index in [1.807, 2.05) is 12.1 Å². The van der Waals surface area contributed by atoms with Crippen molar-refractivity contribution in [3.63, 3.8) is 0 Å². The zero-order chi connectivity index (χ0) is 16.7. The van der Waals surface area contributed by atoms with Gasteiger partial charge in [-0.1, -0.05) is 24.3 Å². The number of hydrogen-bond donors (Lipinski definition) is 1. The van der Waals surface area contributed by atoms with Crippen LogP contribution in [0.5, 0.6) is 11.5 Å². The van der Waals surface area contributed by atoms with E-state index >= 15 is 0 Å². The summed E-state index contributed by atoms with van der Waals surface area (Å²) in [6.07, 6.45) is 5.75. The van der Waals surface area contributed by atoms with Crippen LogP contribution in [0.3, 0.4) is 0 Å². The molecule has 0 fully saturated rings. The van der Waals surface area contributed by atoms with Crippen molar-refractivity contribution < 1.29 is 9.47 Å². The Morgan fingerprint density at radius 2 is 1.96 bits per heavy atom. The van der Waals surface area contributed by atoms with Crippen LogP contribution in [0.2, 0.25) is 0 Å². The number of nitrogens with one attached hydrogen (secondary N) is 1. The van der Waals surface area contributed by atoms with Crippen molar-refractivity contribution in [3.8, 4) is 11.5 Å². The molecule has 1 heterocycles. The fourth-order valence-electron chi connectivity index (χ4n) is 4.03. The second-order valence-electron chi connectivity index (χ2n) is 6.29. The van der Waals surface area contributed by atoms with Gasteiger partial charge in [-0.2, -0.15) is 0 Å². The topological polar surface area (TPSA) is 30.5 Å². The van der Waals surface area contributed by atoms with E-state index in [4.69, 9.17) is 9.47 Å². The summed E-state index contributed by atoms with van der Waals surface area (Å²) in [7, 11) is 3.40. The zero-order valence-electron chi connectivity index (χ0n) is 13.8. The molecule has 0 amide bonds. The Morgan fingerprint density at radius 1 is 1.08 bits per heavy atom. The van der Waals surface area contributed by atoms with Gasteiger partial charge in [-0.05, 0) is 64.8 Å². The summed E-state index contributed by atoms with van der Waals surface area (Å²) in [5, 5.41) is 3.76. The number of allylic oxidation sites excluding steroid dienone is 2. The van der Waals surface area contributed by atoms with Gasteiger partial charge in [-0.3, -0.25) is 0 Å². The molecule has 3 atom stereocenters. The molecule has 0 radical (unpaired) electrons. The van der Waals surface area contributed by atoms with E-state index in [1.54, 1.807) is 14.2 Å². The lowest BCUT2D eigenvalue weighted by molar-refractivity contribution is 0.341. The molecule has 4 rings (SSSR count). The number of halogens is 1. The van der Waals surface area contributed by atoms with Crippen molar-refractivity contribution >= 4 is 28.3 Å². The van der Waals surface area contributed by atoms with Crippen LogP contribution in [-0.2, 0) is 0 Å². The van der Waals surface area contributed by atoms with E-state index in [1.165, 1.54) is 20.4 Å². The molecule has 2 aromatic rings. The standard InChI is InChI=1S/C20H20INO2/c1-23-18-8-4-7-15(20(18)24-2)19-14-6-3-5-13(14)16-11-12(21)9-10-17(16)22-19/h3-5,7-11,13-14,19,22H,6H2,1-2H3/t13-,14-,19-/m0/s1. The zero-order valence-corrected chi connectivity index (χ0v) is 15.9. The Labute approximate surface area is 156 Å². The number of benzene rings is 2. The normalized spacial score (nSPS) is 24.0. The summed E-state index contributed by atoms with van der Waals surface area (Å²) >= 11 is 2.39. The van der Waals surface area contributed by atoms with Gasteiger partial charge in [-0.15, -0.1) is 0 Å². The van der Waals surface area contributed by atoms with Crippen LogP contribution >= 0.6 is 22.6 Å². The third kappa shape index (κ3) is 2.48. The summed E-state index contributed by atoms with van der Waals surface area (Å²) in [4.78, 5) is 0. The van der Waals surface area contributed by atoms with Gasteiger partial charge in [-0.25, -0.2) is 0 Å². The summed E-state index contributed by atoms with van der Waals surface area (Å²) in [5.41, 5.74) is 3.79. The van der Waals surface area contributed by atoms with Crippen LogP contribution in [0.25, 0.3) is 0 Å². The van der Waals surface area contributed by atoms with Crippen molar-refractivity contribution in [1.29, 1.82) is 0 Å². The third-order valence-electron chi connectivity index (χ3n) is 5.09. The molecule has 24 heavy (non-hydrogen) atoms. The number of anilines is 1. The first kappa shape index (κ1) is 15.8. The van der Waals surface area contributed by atoms with E-state index in [0.717, 1.165) is 17.9 Å². The second kappa shape index (κ2) is 6.31. The smallest absolute Gasteiger partial charge is 0.165 e. The van der Waals surface area contributed by atoms with Crippen molar-refractivity contribution in [2.24, 2.45) is 5.92 Å². The maximum absolute atomic E-state index is 5.69. The van der Waals surface area contributed by atoms with Crippen LogP contribution < -0.4 is 14.8 Å². The Kier molecular flexibility index (Phi) is 4.16. The first-order valence-electron chi connectivity index (χ1n) is 8.16. The number of rotatable bonds is 3. The molecule has 1 N–H and O–H groups in total. The van der Waals surface area contributed by atoms with Crippen LogP contribution in [0.1, 0.15) is 29.5 Å². The van der Waals surface area contributed by atoms with E-state index in [9.17, 15) is 0 Å². The van der Waals surface area contributed by atoms with Gasteiger partial charge in [0.05, 0.1) is 20.3 Å². The first-order valence-corrected chi connectivity index (χ1v) is 9.24. The predicted octanol–water partition coefficient (Wildman–Crippen LogP) is 5.13. The molecule has 2 aliphatic rings. The van der Waals surface area contributed by atoms with Gasteiger partial charge in [0.1, 0.15) is 0 Å². The number of hydrogen-bond acceptors (Lipinski definition) is 3. The maximum atomic E-state index is 5.69. The maximum Gasteiger partial charge on any atom is 0.165 e. The van der Waals surface area contributed by atoms with Gasteiger partial charge in [0.15, 0.2) is 11.5 Å². The molecule has 0 aromatic heterocycles. The second-order valence-corrected chi connectivity index (χ2v) is 7.54. The molecule has 3 nitrogen and oxygen atoms in total. The monoisotopic (exact) mass is 433 g/mol. The fraction of sp³-hybridized carbons (Fsp3) is 0.300. The number of fused-ring (bicyclic) bond motifs is 3. The van der Waals surface area contributed by atoms with Crippen molar-refractivity contribution in [2.75, 3.05) is 19.5 Å². The van der Waals surface area contributed by atoms with Crippen molar-refractivity contribution in [2.45, 2.75) is 18.4 Å². The molecule has 0 saturated carbocycles. The Balaban J connectivity index is 1.82. The van der Waals surface area contributed by atoms with Crippen molar-refractivity contribution in [1.82, 2.24) is 0 Å². The molecular formula is C20H20INO2.